The van der Waals surface area contributed by atoms with E-state index in [1.165, 1.54) is 148 Å². The summed E-state index contributed by atoms with van der Waals surface area (Å²) in [6, 6.07) is -0.470. The number of carbonyl (C=O) groups excluding carboxylic acids is 1. The van der Waals surface area contributed by atoms with Gasteiger partial charge in [-0.1, -0.05) is 174 Å². The van der Waals surface area contributed by atoms with Crippen LogP contribution in [0.2, 0.25) is 0 Å². The molecule has 0 fully saturated rings. The van der Waals surface area contributed by atoms with Gasteiger partial charge in [0.1, 0.15) is 0 Å². The molecule has 3 heteroatoms. The van der Waals surface area contributed by atoms with E-state index in [2.05, 4.69) is 32.2 Å². The Morgan fingerprint density at radius 2 is 0.947 bits per heavy atom. The van der Waals surface area contributed by atoms with Crippen molar-refractivity contribution in [2.24, 2.45) is 0 Å². The monoisotopic (exact) mass is 535 g/mol. The fraction of sp³-hybridized carbons (Fsp3) is 0.886. The summed E-state index contributed by atoms with van der Waals surface area (Å²) in [6.07, 6.45) is 38.0. The van der Waals surface area contributed by atoms with Gasteiger partial charge in [-0.3, -0.25) is 4.79 Å². The smallest absolute Gasteiger partial charge is 0.220 e. The molecule has 0 aliphatic heterocycles. The van der Waals surface area contributed by atoms with Crippen LogP contribution >= 0.6 is 0 Å². The molecule has 2 atom stereocenters. The quantitative estimate of drug-likeness (QED) is 0.0711. The molecule has 0 unspecified atom stereocenters. The van der Waals surface area contributed by atoms with Crippen LogP contribution in [0.15, 0.2) is 12.2 Å². The lowest BCUT2D eigenvalue weighted by Gasteiger charge is -2.17. The molecule has 0 aliphatic carbocycles. The molecular weight excluding hydrogens is 466 g/mol. The highest BCUT2D eigenvalue weighted by Crippen LogP contribution is 2.14. The molecule has 1 radical (unpaired) electrons. The van der Waals surface area contributed by atoms with Crippen LogP contribution in [0.5, 0.6) is 0 Å². The largest absolute Gasteiger partial charge is 0.387 e. The molecule has 0 aromatic carbocycles. The van der Waals surface area contributed by atoms with Crippen LogP contribution in [-0.4, -0.2) is 23.2 Å². The van der Waals surface area contributed by atoms with E-state index >= 15 is 0 Å². The van der Waals surface area contributed by atoms with E-state index < -0.39 is 12.1 Å². The molecule has 1 amide bonds. The predicted octanol–water partition coefficient (Wildman–Crippen LogP) is 10.8. The second-order valence-corrected chi connectivity index (χ2v) is 11.8. The average Bonchev–Trinajstić information content (AvgIpc) is 2.91. The summed E-state index contributed by atoms with van der Waals surface area (Å²) in [5, 5.41) is 13.1. The topological polar surface area (TPSA) is 49.3 Å². The lowest BCUT2D eigenvalue weighted by Crippen LogP contribution is -2.40. The van der Waals surface area contributed by atoms with Crippen molar-refractivity contribution < 1.29 is 9.90 Å². The van der Waals surface area contributed by atoms with Gasteiger partial charge in [-0.05, 0) is 26.2 Å². The molecule has 2 N–H and O–H groups in total. The summed E-state index contributed by atoms with van der Waals surface area (Å²) < 4.78 is 0. The van der Waals surface area contributed by atoms with E-state index in [0.29, 0.717) is 6.42 Å². The summed E-state index contributed by atoms with van der Waals surface area (Å²) >= 11 is 0. The second-order valence-electron chi connectivity index (χ2n) is 11.8. The highest BCUT2D eigenvalue weighted by Gasteiger charge is 2.13. The molecule has 3 nitrogen and oxygen atoms in total. The minimum atomic E-state index is -0.706. The molecule has 0 saturated heterocycles. The first-order valence-electron chi connectivity index (χ1n) is 17.1. The minimum Gasteiger partial charge on any atom is -0.387 e. The molecule has 0 heterocycles. The molecular formula is C35H68NO2. The average molecular weight is 535 g/mol. The fourth-order valence-corrected chi connectivity index (χ4v) is 5.14. The number of unbranched alkanes of at least 4 members (excludes halogenated alkanes) is 24. The van der Waals surface area contributed by atoms with Crippen LogP contribution in [0.1, 0.15) is 187 Å². The highest BCUT2D eigenvalue weighted by atomic mass is 16.3. The third-order valence-electron chi connectivity index (χ3n) is 7.82. The Morgan fingerprint density at radius 1 is 0.605 bits per heavy atom. The van der Waals surface area contributed by atoms with Crippen molar-refractivity contribution in [1.29, 1.82) is 0 Å². The molecule has 0 bridgehead atoms. The Labute approximate surface area is 239 Å². The summed E-state index contributed by atoms with van der Waals surface area (Å²) in [7, 11) is 0. The molecule has 225 valence electrons. The van der Waals surface area contributed by atoms with Gasteiger partial charge in [0.05, 0.1) is 12.1 Å². The number of aliphatic hydroxyl groups is 1. The van der Waals surface area contributed by atoms with E-state index in [1.807, 2.05) is 0 Å². The van der Waals surface area contributed by atoms with Crippen molar-refractivity contribution in [1.82, 2.24) is 5.32 Å². The maximum atomic E-state index is 12.2. The van der Waals surface area contributed by atoms with E-state index in [-0.39, 0.29) is 5.91 Å². The Balaban J connectivity index is 3.49. The molecule has 0 aromatic heterocycles. The van der Waals surface area contributed by atoms with Gasteiger partial charge < -0.3 is 10.4 Å². The second kappa shape index (κ2) is 30.7. The van der Waals surface area contributed by atoms with Gasteiger partial charge in [-0.15, -0.1) is 0 Å². The van der Waals surface area contributed by atoms with E-state index in [0.717, 1.165) is 19.3 Å². The maximum Gasteiger partial charge on any atom is 0.220 e. The third-order valence-corrected chi connectivity index (χ3v) is 7.82. The molecule has 0 aromatic rings. The number of allylic oxidation sites excluding steroid dienone is 1. The molecule has 0 spiro atoms. The molecule has 38 heavy (non-hydrogen) atoms. The Kier molecular flexibility index (Phi) is 30.0. The van der Waals surface area contributed by atoms with Gasteiger partial charge in [0.25, 0.3) is 0 Å². The number of hydrogen-bond donors (Lipinski definition) is 2. The zero-order valence-corrected chi connectivity index (χ0v) is 26.0. The van der Waals surface area contributed by atoms with Gasteiger partial charge in [0, 0.05) is 6.42 Å². The third kappa shape index (κ3) is 28.2. The first-order chi connectivity index (χ1) is 18.6. The Morgan fingerprint density at radius 3 is 1.34 bits per heavy atom. The van der Waals surface area contributed by atoms with E-state index in [9.17, 15) is 9.90 Å². The van der Waals surface area contributed by atoms with Crippen LogP contribution in [0, 0.1) is 6.92 Å². The summed E-state index contributed by atoms with van der Waals surface area (Å²) in [6.45, 7) is 8.49. The van der Waals surface area contributed by atoms with Crippen LogP contribution in [0.25, 0.3) is 0 Å². The van der Waals surface area contributed by atoms with Gasteiger partial charge in [0.2, 0.25) is 5.91 Å². The maximum absolute atomic E-state index is 12.2. The van der Waals surface area contributed by atoms with Crippen molar-refractivity contribution in [3.63, 3.8) is 0 Å². The first-order valence-corrected chi connectivity index (χ1v) is 17.1. The zero-order chi connectivity index (χ0) is 27.9. The number of rotatable bonds is 30. The highest BCUT2D eigenvalue weighted by molar-refractivity contribution is 5.76. The summed E-state index contributed by atoms with van der Waals surface area (Å²) in [5.41, 5.74) is 0. The number of amides is 1. The molecule has 0 aliphatic rings. The Hall–Kier alpha value is -0.830. The molecule has 0 rings (SSSR count). The van der Waals surface area contributed by atoms with E-state index in [1.54, 1.807) is 6.08 Å². The summed E-state index contributed by atoms with van der Waals surface area (Å²) in [4.78, 5) is 12.2. The Bertz CT molecular complexity index is 504. The van der Waals surface area contributed by atoms with E-state index in [4.69, 9.17) is 0 Å². The minimum absolute atomic E-state index is 0.0155. The summed E-state index contributed by atoms with van der Waals surface area (Å²) in [5.74, 6) is 0.0155. The standard InChI is InChI=1S/C35H68NO2/c1-4-6-8-10-12-14-16-18-20-22-24-26-28-30-32-35(38)36-33(3)34(37)31-29-27-25-23-21-19-17-15-13-11-9-7-5-2/h29,31,33-34,37H,3-28,30,32H2,1-2H3,(H,36,38)/b31-29+/t33-,34+/m0/s1. The van der Waals surface area contributed by atoms with Crippen LogP contribution < -0.4 is 5.32 Å². The number of nitrogens with one attached hydrogen (secondary N) is 1. The van der Waals surface area contributed by atoms with Crippen molar-refractivity contribution in [2.45, 2.75) is 199 Å². The van der Waals surface area contributed by atoms with Crippen molar-refractivity contribution in [2.75, 3.05) is 0 Å². The fourth-order valence-electron chi connectivity index (χ4n) is 5.14. The van der Waals surface area contributed by atoms with Gasteiger partial charge in [-0.25, -0.2) is 0 Å². The molecule has 0 saturated carbocycles. The van der Waals surface area contributed by atoms with Crippen LogP contribution in [0.4, 0.5) is 0 Å². The SMILES string of the molecule is [CH2][C@H](NC(=O)CCCCCCCCCCCCCCCC)[C@H](O)/C=C/CCCCCCCCCCCCC. The van der Waals surface area contributed by atoms with Gasteiger partial charge >= 0.3 is 0 Å². The lowest BCUT2D eigenvalue weighted by molar-refractivity contribution is -0.122. The number of aliphatic hydroxyl groups excluding tert-OH is 1. The van der Waals surface area contributed by atoms with Gasteiger partial charge in [0.15, 0.2) is 0 Å². The number of carbonyl (C=O) groups is 1. The number of hydrogen-bond acceptors (Lipinski definition) is 2. The van der Waals surface area contributed by atoms with Crippen molar-refractivity contribution in [3.05, 3.63) is 19.1 Å². The first kappa shape index (κ1) is 37.2. The van der Waals surface area contributed by atoms with Crippen LogP contribution in [-0.2, 0) is 4.79 Å². The zero-order valence-electron chi connectivity index (χ0n) is 26.0. The van der Waals surface area contributed by atoms with Crippen molar-refractivity contribution in [3.8, 4) is 0 Å². The van der Waals surface area contributed by atoms with Gasteiger partial charge in [-0.2, -0.15) is 0 Å². The normalized spacial score (nSPS) is 13.3. The van der Waals surface area contributed by atoms with Crippen molar-refractivity contribution >= 4 is 5.91 Å². The van der Waals surface area contributed by atoms with Crippen LogP contribution in [0.3, 0.4) is 0 Å². The predicted molar refractivity (Wildman–Crippen MR) is 168 cm³/mol. The lowest BCUT2D eigenvalue weighted by atomic mass is 10.0.